The Morgan fingerprint density at radius 2 is 2.29 bits per heavy atom. The maximum atomic E-state index is 5.98. The van der Waals surface area contributed by atoms with Crippen molar-refractivity contribution in [2.24, 2.45) is 5.73 Å². The smallest absolute Gasteiger partial charge is 0.0935 e. The van der Waals surface area contributed by atoms with Gasteiger partial charge in [-0.2, -0.15) is 10.2 Å². The van der Waals surface area contributed by atoms with Crippen LogP contribution in [0.3, 0.4) is 0 Å². The van der Waals surface area contributed by atoms with Crippen molar-refractivity contribution in [2.75, 3.05) is 0 Å². The van der Waals surface area contributed by atoms with Gasteiger partial charge in [-0.3, -0.25) is 0 Å². The largest absolute Gasteiger partial charge is 0.472 e. The number of rotatable bonds is 3. The SMILES string of the molecule is NC(Cc1ccoc1)c1ccnnc1. The molecule has 0 aliphatic carbocycles. The third kappa shape index (κ3) is 1.97. The summed E-state index contributed by atoms with van der Waals surface area (Å²) in [7, 11) is 0. The van der Waals surface area contributed by atoms with E-state index in [1.807, 2.05) is 12.1 Å². The molecule has 0 spiro atoms. The van der Waals surface area contributed by atoms with Gasteiger partial charge in [0.05, 0.1) is 18.7 Å². The van der Waals surface area contributed by atoms with E-state index in [0.717, 1.165) is 17.5 Å². The van der Waals surface area contributed by atoms with Crippen LogP contribution in [0.5, 0.6) is 0 Å². The number of hydrogen-bond acceptors (Lipinski definition) is 4. The third-order valence-electron chi connectivity index (χ3n) is 2.07. The maximum Gasteiger partial charge on any atom is 0.0935 e. The van der Waals surface area contributed by atoms with Crippen LogP contribution in [0.25, 0.3) is 0 Å². The molecule has 2 heterocycles. The number of furan rings is 1. The van der Waals surface area contributed by atoms with E-state index in [0.29, 0.717) is 0 Å². The average Bonchev–Trinajstić information content (AvgIpc) is 2.72. The predicted octanol–water partition coefficient (Wildman–Crippen LogP) is 1.31. The molecule has 4 heteroatoms. The second-order valence-corrected chi connectivity index (χ2v) is 3.12. The van der Waals surface area contributed by atoms with Gasteiger partial charge in [0.2, 0.25) is 0 Å². The van der Waals surface area contributed by atoms with Gasteiger partial charge < -0.3 is 10.2 Å². The van der Waals surface area contributed by atoms with Crippen molar-refractivity contribution in [3.05, 3.63) is 48.2 Å². The Kier molecular flexibility index (Phi) is 2.55. The van der Waals surface area contributed by atoms with E-state index in [-0.39, 0.29) is 6.04 Å². The fourth-order valence-electron chi connectivity index (χ4n) is 1.30. The van der Waals surface area contributed by atoms with Crippen LogP contribution in [-0.4, -0.2) is 10.2 Å². The normalized spacial score (nSPS) is 12.6. The first-order valence-electron chi connectivity index (χ1n) is 4.39. The molecule has 0 aromatic carbocycles. The molecular formula is C10H11N3O. The molecule has 0 amide bonds. The van der Waals surface area contributed by atoms with Crippen molar-refractivity contribution in [1.29, 1.82) is 0 Å². The number of nitrogens with two attached hydrogens (primary N) is 1. The number of aromatic nitrogens is 2. The number of nitrogens with zero attached hydrogens (tertiary/aromatic N) is 2. The third-order valence-corrected chi connectivity index (χ3v) is 2.07. The zero-order valence-corrected chi connectivity index (χ0v) is 7.63. The van der Waals surface area contributed by atoms with E-state index < -0.39 is 0 Å². The van der Waals surface area contributed by atoms with Crippen molar-refractivity contribution in [1.82, 2.24) is 10.2 Å². The van der Waals surface area contributed by atoms with E-state index in [1.165, 1.54) is 0 Å². The fraction of sp³-hybridized carbons (Fsp3) is 0.200. The topological polar surface area (TPSA) is 64.9 Å². The molecule has 72 valence electrons. The summed E-state index contributed by atoms with van der Waals surface area (Å²) in [6, 6.07) is 3.73. The summed E-state index contributed by atoms with van der Waals surface area (Å²) in [6.07, 6.45) is 7.43. The summed E-state index contributed by atoms with van der Waals surface area (Å²) in [5.41, 5.74) is 8.06. The van der Waals surface area contributed by atoms with E-state index in [2.05, 4.69) is 10.2 Å². The molecule has 2 aromatic rings. The Balaban J connectivity index is 2.07. The van der Waals surface area contributed by atoms with Gasteiger partial charge in [-0.05, 0) is 29.7 Å². The van der Waals surface area contributed by atoms with Gasteiger partial charge in [0, 0.05) is 12.2 Å². The lowest BCUT2D eigenvalue weighted by Crippen LogP contribution is -2.13. The monoisotopic (exact) mass is 189 g/mol. The van der Waals surface area contributed by atoms with Crippen molar-refractivity contribution in [3.63, 3.8) is 0 Å². The number of hydrogen-bond donors (Lipinski definition) is 1. The summed E-state index contributed by atoms with van der Waals surface area (Å²) in [5, 5.41) is 7.48. The molecule has 0 saturated heterocycles. The van der Waals surface area contributed by atoms with Gasteiger partial charge in [0.25, 0.3) is 0 Å². The molecule has 2 N–H and O–H groups in total. The zero-order chi connectivity index (χ0) is 9.80. The Labute approximate surface area is 81.8 Å². The second kappa shape index (κ2) is 4.02. The molecule has 0 aliphatic rings. The van der Waals surface area contributed by atoms with E-state index in [1.54, 1.807) is 24.9 Å². The lowest BCUT2D eigenvalue weighted by Gasteiger charge is -2.08. The Morgan fingerprint density at radius 1 is 1.36 bits per heavy atom. The summed E-state index contributed by atoms with van der Waals surface area (Å²) < 4.78 is 4.97. The van der Waals surface area contributed by atoms with Gasteiger partial charge in [-0.25, -0.2) is 0 Å². The average molecular weight is 189 g/mol. The summed E-state index contributed by atoms with van der Waals surface area (Å²) in [4.78, 5) is 0. The molecule has 2 aromatic heterocycles. The first kappa shape index (κ1) is 8.90. The van der Waals surface area contributed by atoms with Crippen LogP contribution in [0.4, 0.5) is 0 Å². The highest BCUT2D eigenvalue weighted by Gasteiger charge is 2.07. The molecular weight excluding hydrogens is 178 g/mol. The molecule has 4 nitrogen and oxygen atoms in total. The van der Waals surface area contributed by atoms with E-state index >= 15 is 0 Å². The minimum absolute atomic E-state index is 0.0527. The van der Waals surface area contributed by atoms with Crippen molar-refractivity contribution >= 4 is 0 Å². The van der Waals surface area contributed by atoms with Crippen LogP contribution in [0.15, 0.2) is 41.5 Å². The lowest BCUT2D eigenvalue weighted by molar-refractivity contribution is 0.561. The van der Waals surface area contributed by atoms with Gasteiger partial charge in [-0.1, -0.05) is 0 Å². The second-order valence-electron chi connectivity index (χ2n) is 3.12. The van der Waals surface area contributed by atoms with E-state index in [9.17, 15) is 0 Å². The maximum absolute atomic E-state index is 5.98. The van der Waals surface area contributed by atoms with Crippen LogP contribution in [0.1, 0.15) is 17.2 Å². The van der Waals surface area contributed by atoms with Crippen LogP contribution in [-0.2, 0) is 6.42 Å². The summed E-state index contributed by atoms with van der Waals surface area (Å²) in [6.45, 7) is 0. The first-order chi connectivity index (χ1) is 6.86. The summed E-state index contributed by atoms with van der Waals surface area (Å²) in [5.74, 6) is 0. The highest BCUT2D eigenvalue weighted by molar-refractivity contribution is 5.16. The Bertz CT molecular complexity index is 372. The van der Waals surface area contributed by atoms with Gasteiger partial charge in [-0.15, -0.1) is 0 Å². The van der Waals surface area contributed by atoms with Gasteiger partial charge >= 0.3 is 0 Å². The molecule has 1 atom stereocenters. The molecule has 14 heavy (non-hydrogen) atoms. The molecule has 0 bridgehead atoms. The highest BCUT2D eigenvalue weighted by atomic mass is 16.3. The quantitative estimate of drug-likeness (QED) is 0.790. The van der Waals surface area contributed by atoms with Gasteiger partial charge in [0.1, 0.15) is 0 Å². The minimum atomic E-state index is -0.0527. The van der Waals surface area contributed by atoms with Gasteiger partial charge in [0.15, 0.2) is 0 Å². The zero-order valence-electron chi connectivity index (χ0n) is 7.63. The summed E-state index contributed by atoms with van der Waals surface area (Å²) >= 11 is 0. The predicted molar refractivity (Wildman–Crippen MR) is 51.4 cm³/mol. The Morgan fingerprint density at radius 3 is 2.93 bits per heavy atom. The molecule has 2 rings (SSSR count). The standard InChI is InChI=1S/C10H11N3O/c11-10(5-8-2-4-14-7-8)9-1-3-12-13-6-9/h1-4,6-7,10H,5,11H2. The molecule has 0 fully saturated rings. The van der Waals surface area contributed by atoms with Crippen LogP contribution in [0, 0.1) is 0 Å². The van der Waals surface area contributed by atoms with Crippen molar-refractivity contribution in [2.45, 2.75) is 12.5 Å². The first-order valence-corrected chi connectivity index (χ1v) is 4.39. The van der Waals surface area contributed by atoms with Crippen LogP contribution < -0.4 is 5.73 Å². The van der Waals surface area contributed by atoms with Crippen molar-refractivity contribution in [3.8, 4) is 0 Å². The minimum Gasteiger partial charge on any atom is -0.472 e. The molecule has 0 aliphatic heterocycles. The highest BCUT2D eigenvalue weighted by Crippen LogP contribution is 2.14. The van der Waals surface area contributed by atoms with Crippen LogP contribution >= 0.6 is 0 Å². The lowest BCUT2D eigenvalue weighted by atomic mass is 10.0. The van der Waals surface area contributed by atoms with Crippen LogP contribution in [0.2, 0.25) is 0 Å². The molecule has 0 saturated carbocycles. The Hall–Kier alpha value is -1.68. The van der Waals surface area contributed by atoms with E-state index in [4.69, 9.17) is 10.2 Å². The fourth-order valence-corrected chi connectivity index (χ4v) is 1.30. The van der Waals surface area contributed by atoms with Crippen molar-refractivity contribution < 1.29 is 4.42 Å². The molecule has 0 radical (unpaired) electrons. The molecule has 1 unspecified atom stereocenters.